The third-order valence-corrected chi connectivity index (χ3v) is 4.90. The van der Waals surface area contributed by atoms with Crippen molar-refractivity contribution >= 4 is 44.4 Å². The maximum Gasteiger partial charge on any atom is 0.252 e. The molecule has 0 heterocycles. The van der Waals surface area contributed by atoms with Crippen LogP contribution < -0.4 is 5.32 Å². The molecule has 1 N–H and O–H groups in total. The predicted octanol–water partition coefficient (Wildman–Crippen LogP) is 4.12. The molecule has 1 amide bonds. The first-order valence-electron chi connectivity index (χ1n) is 5.84. The second-order valence-electron chi connectivity index (χ2n) is 4.57. The minimum Gasteiger partial charge on any atom is -0.347 e. The van der Waals surface area contributed by atoms with E-state index in [0.717, 1.165) is 32.9 Å². The summed E-state index contributed by atoms with van der Waals surface area (Å²) in [6.07, 6.45) is 4.45. The minimum atomic E-state index is 0.0388. The summed E-state index contributed by atoms with van der Waals surface area (Å²) in [6, 6.07) is 5.83. The average molecular weight is 408 g/mol. The van der Waals surface area contributed by atoms with Gasteiger partial charge in [0.1, 0.15) is 0 Å². The summed E-state index contributed by atoms with van der Waals surface area (Å²) < 4.78 is 1.94. The predicted molar refractivity (Wildman–Crippen MR) is 81.2 cm³/mol. The number of rotatable bonds is 3. The molecular weight excluding hydrogens is 393 g/mol. The summed E-state index contributed by atoms with van der Waals surface area (Å²) >= 11 is 5.66. The number of nitrogens with one attached hydrogen (secondary N) is 1. The van der Waals surface area contributed by atoms with E-state index in [1.807, 2.05) is 18.2 Å². The van der Waals surface area contributed by atoms with E-state index in [-0.39, 0.29) is 11.4 Å². The molecular formula is C13H15BrINO. The van der Waals surface area contributed by atoms with Gasteiger partial charge in [0.25, 0.3) is 5.91 Å². The monoisotopic (exact) mass is 407 g/mol. The quantitative estimate of drug-likeness (QED) is 0.750. The van der Waals surface area contributed by atoms with E-state index < -0.39 is 0 Å². The van der Waals surface area contributed by atoms with Gasteiger partial charge in [-0.25, -0.2) is 0 Å². The fourth-order valence-corrected chi connectivity index (χ4v) is 3.07. The fourth-order valence-electron chi connectivity index (χ4n) is 2.15. The summed E-state index contributed by atoms with van der Waals surface area (Å²) in [5, 5.41) is 3.19. The van der Waals surface area contributed by atoms with Crippen LogP contribution in [0.4, 0.5) is 0 Å². The molecule has 1 aromatic rings. The second-order valence-corrected chi connectivity index (χ2v) is 6.67. The van der Waals surface area contributed by atoms with Crippen LogP contribution in [0, 0.1) is 3.57 Å². The van der Waals surface area contributed by atoms with Gasteiger partial charge in [-0.15, -0.1) is 0 Å². The molecule has 0 atom stereocenters. The van der Waals surface area contributed by atoms with Crippen molar-refractivity contribution in [1.82, 2.24) is 5.32 Å². The Labute approximate surface area is 124 Å². The SMILES string of the molecule is CCC1(NC(=O)c2cc(I)ccc2Br)CCC1. The second kappa shape index (κ2) is 5.26. The number of amides is 1. The van der Waals surface area contributed by atoms with Crippen molar-refractivity contribution in [3.63, 3.8) is 0 Å². The molecule has 0 bridgehead atoms. The summed E-state index contributed by atoms with van der Waals surface area (Å²) in [5.74, 6) is 0.0388. The molecule has 1 aliphatic carbocycles. The Morgan fingerprint density at radius 3 is 2.76 bits per heavy atom. The highest BCUT2D eigenvalue weighted by Crippen LogP contribution is 2.35. The highest BCUT2D eigenvalue weighted by atomic mass is 127. The number of benzene rings is 1. The molecule has 92 valence electrons. The zero-order valence-corrected chi connectivity index (χ0v) is 13.5. The third-order valence-electron chi connectivity index (χ3n) is 3.54. The Bertz CT molecular complexity index is 438. The van der Waals surface area contributed by atoms with Gasteiger partial charge >= 0.3 is 0 Å². The van der Waals surface area contributed by atoms with Crippen LogP contribution in [0.3, 0.4) is 0 Å². The molecule has 0 aromatic heterocycles. The number of hydrogen-bond donors (Lipinski definition) is 1. The van der Waals surface area contributed by atoms with E-state index in [1.54, 1.807) is 0 Å². The standard InChI is InChI=1S/C13H15BrINO/c1-2-13(6-3-7-13)16-12(17)10-8-9(15)4-5-11(10)14/h4-5,8H,2-3,6-7H2,1H3,(H,16,17). The zero-order chi connectivity index (χ0) is 12.5. The van der Waals surface area contributed by atoms with Crippen molar-refractivity contribution in [1.29, 1.82) is 0 Å². The first-order valence-corrected chi connectivity index (χ1v) is 7.71. The van der Waals surface area contributed by atoms with E-state index in [0.29, 0.717) is 0 Å². The summed E-state index contributed by atoms with van der Waals surface area (Å²) in [6.45, 7) is 2.14. The van der Waals surface area contributed by atoms with Crippen LogP contribution in [0.1, 0.15) is 43.0 Å². The lowest BCUT2D eigenvalue weighted by Crippen LogP contribution is -2.53. The molecule has 0 unspecified atom stereocenters. The highest BCUT2D eigenvalue weighted by Gasteiger charge is 2.36. The van der Waals surface area contributed by atoms with Gasteiger partial charge in [-0.2, -0.15) is 0 Å². The van der Waals surface area contributed by atoms with Gasteiger partial charge in [0.2, 0.25) is 0 Å². The van der Waals surface area contributed by atoms with Crippen LogP contribution in [0.25, 0.3) is 0 Å². The number of halogens is 2. The van der Waals surface area contributed by atoms with Gasteiger partial charge in [-0.3, -0.25) is 4.79 Å². The number of hydrogen-bond acceptors (Lipinski definition) is 1. The van der Waals surface area contributed by atoms with E-state index in [2.05, 4.69) is 50.8 Å². The lowest BCUT2D eigenvalue weighted by atomic mass is 9.74. The van der Waals surface area contributed by atoms with Crippen LogP contribution in [0.5, 0.6) is 0 Å². The van der Waals surface area contributed by atoms with Crippen molar-refractivity contribution in [3.8, 4) is 0 Å². The van der Waals surface area contributed by atoms with Gasteiger partial charge in [0.05, 0.1) is 5.56 Å². The Balaban J connectivity index is 2.17. The fraction of sp³-hybridized carbons (Fsp3) is 0.462. The van der Waals surface area contributed by atoms with E-state index in [9.17, 15) is 4.79 Å². The lowest BCUT2D eigenvalue weighted by molar-refractivity contribution is 0.0819. The van der Waals surface area contributed by atoms with Crippen molar-refractivity contribution in [2.75, 3.05) is 0 Å². The lowest BCUT2D eigenvalue weighted by Gasteiger charge is -2.42. The van der Waals surface area contributed by atoms with Crippen LogP contribution in [0.2, 0.25) is 0 Å². The molecule has 2 nitrogen and oxygen atoms in total. The largest absolute Gasteiger partial charge is 0.347 e. The van der Waals surface area contributed by atoms with E-state index in [1.165, 1.54) is 6.42 Å². The van der Waals surface area contributed by atoms with Crippen LogP contribution >= 0.6 is 38.5 Å². The number of carbonyl (C=O) groups is 1. The number of carbonyl (C=O) groups excluding carboxylic acids is 1. The Morgan fingerprint density at radius 1 is 1.53 bits per heavy atom. The normalized spacial score (nSPS) is 17.4. The maximum absolute atomic E-state index is 12.2. The van der Waals surface area contributed by atoms with Crippen molar-refractivity contribution in [2.45, 2.75) is 38.1 Å². The van der Waals surface area contributed by atoms with Gasteiger partial charge in [-0.05, 0) is 82.4 Å². The van der Waals surface area contributed by atoms with Gasteiger partial charge in [0, 0.05) is 13.6 Å². The van der Waals surface area contributed by atoms with Crippen molar-refractivity contribution in [3.05, 3.63) is 31.8 Å². The van der Waals surface area contributed by atoms with Crippen LogP contribution in [-0.4, -0.2) is 11.4 Å². The molecule has 0 saturated heterocycles. The molecule has 4 heteroatoms. The van der Waals surface area contributed by atoms with Gasteiger partial charge in [0.15, 0.2) is 0 Å². The molecule has 2 rings (SSSR count). The van der Waals surface area contributed by atoms with Crippen LogP contribution in [0.15, 0.2) is 22.7 Å². The van der Waals surface area contributed by atoms with E-state index >= 15 is 0 Å². The van der Waals surface area contributed by atoms with Gasteiger partial charge in [-0.1, -0.05) is 6.92 Å². The molecule has 17 heavy (non-hydrogen) atoms. The molecule has 1 aromatic carbocycles. The van der Waals surface area contributed by atoms with E-state index in [4.69, 9.17) is 0 Å². The molecule has 1 saturated carbocycles. The van der Waals surface area contributed by atoms with Gasteiger partial charge < -0.3 is 5.32 Å². The highest BCUT2D eigenvalue weighted by molar-refractivity contribution is 14.1. The Hall–Kier alpha value is -0.100. The van der Waals surface area contributed by atoms with Crippen molar-refractivity contribution < 1.29 is 4.79 Å². The summed E-state index contributed by atoms with van der Waals surface area (Å²) in [7, 11) is 0. The molecule has 1 fully saturated rings. The Morgan fingerprint density at radius 2 is 2.24 bits per heavy atom. The molecule has 1 aliphatic rings. The summed E-state index contributed by atoms with van der Waals surface area (Å²) in [4.78, 5) is 12.2. The third kappa shape index (κ3) is 2.84. The molecule has 0 radical (unpaired) electrons. The van der Waals surface area contributed by atoms with Crippen molar-refractivity contribution in [2.24, 2.45) is 0 Å². The topological polar surface area (TPSA) is 29.1 Å². The first kappa shape index (κ1) is 13.3. The summed E-state index contributed by atoms with van der Waals surface area (Å²) in [5.41, 5.74) is 0.786. The smallest absolute Gasteiger partial charge is 0.252 e. The maximum atomic E-state index is 12.2. The minimum absolute atomic E-state index is 0.0388. The Kier molecular flexibility index (Phi) is 4.13. The average Bonchev–Trinajstić information content (AvgIpc) is 2.26. The first-order chi connectivity index (χ1) is 8.06. The van der Waals surface area contributed by atoms with Crippen LogP contribution in [-0.2, 0) is 0 Å². The molecule has 0 spiro atoms. The zero-order valence-electron chi connectivity index (χ0n) is 9.72. The molecule has 0 aliphatic heterocycles.